The van der Waals surface area contributed by atoms with Crippen molar-refractivity contribution in [3.05, 3.63) is 35.6 Å². The first kappa shape index (κ1) is 15.0. The lowest BCUT2D eigenvalue weighted by molar-refractivity contribution is -0.166. The highest BCUT2D eigenvalue weighted by molar-refractivity contribution is 5.86. The molecule has 0 aromatic heterocycles. The van der Waals surface area contributed by atoms with Crippen molar-refractivity contribution < 1.29 is 18.7 Å². The largest absolute Gasteiger partial charge is 0.356 e. The van der Waals surface area contributed by atoms with Crippen molar-refractivity contribution in [3.8, 4) is 0 Å². The highest BCUT2D eigenvalue weighted by Gasteiger charge is 2.42. The molecule has 2 heterocycles. The molecule has 2 fully saturated rings. The van der Waals surface area contributed by atoms with Crippen molar-refractivity contribution in [1.82, 2.24) is 9.80 Å². The fourth-order valence-corrected chi connectivity index (χ4v) is 3.09. The summed E-state index contributed by atoms with van der Waals surface area (Å²) in [6.45, 7) is 1.36. The van der Waals surface area contributed by atoms with Crippen LogP contribution < -0.4 is 0 Å². The molecular formula is C16H19FN2O3. The molecule has 2 saturated heterocycles. The van der Waals surface area contributed by atoms with Gasteiger partial charge in [0.05, 0.1) is 6.04 Å². The average Bonchev–Trinajstić information content (AvgIpc) is 3.05. The van der Waals surface area contributed by atoms with Crippen molar-refractivity contribution in [1.29, 1.82) is 0 Å². The van der Waals surface area contributed by atoms with E-state index in [0.29, 0.717) is 5.56 Å². The van der Waals surface area contributed by atoms with Crippen molar-refractivity contribution in [3.63, 3.8) is 0 Å². The SMILES string of the molecule is CN1C(=O)COC(C(=O)N2CCCC2)C1c1ccc(F)cc1. The monoisotopic (exact) mass is 306 g/mol. The molecule has 0 aliphatic carbocycles. The molecule has 0 saturated carbocycles. The van der Waals surface area contributed by atoms with Crippen LogP contribution in [-0.4, -0.2) is 54.5 Å². The molecule has 0 radical (unpaired) electrons. The molecular weight excluding hydrogens is 287 g/mol. The first-order valence-electron chi connectivity index (χ1n) is 7.49. The molecule has 2 amide bonds. The lowest BCUT2D eigenvalue weighted by Crippen LogP contribution is -2.53. The Morgan fingerprint density at radius 2 is 1.86 bits per heavy atom. The molecule has 1 aromatic rings. The van der Waals surface area contributed by atoms with Crippen molar-refractivity contribution >= 4 is 11.8 Å². The Morgan fingerprint density at radius 1 is 1.23 bits per heavy atom. The van der Waals surface area contributed by atoms with Crippen LogP contribution in [0.5, 0.6) is 0 Å². The number of nitrogens with zero attached hydrogens (tertiary/aromatic N) is 2. The average molecular weight is 306 g/mol. The molecule has 2 aliphatic heterocycles. The van der Waals surface area contributed by atoms with Crippen molar-refractivity contribution in [2.24, 2.45) is 0 Å². The maximum absolute atomic E-state index is 13.1. The van der Waals surface area contributed by atoms with E-state index in [2.05, 4.69) is 0 Å². The van der Waals surface area contributed by atoms with Crippen LogP contribution in [0.1, 0.15) is 24.4 Å². The van der Waals surface area contributed by atoms with Crippen LogP contribution in [0.4, 0.5) is 4.39 Å². The summed E-state index contributed by atoms with van der Waals surface area (Å²) in [6, 6.07) is 5.35. The smallest absolute Gasteiger partial charge is 0.254 e. The van der Waals surface area contributed by atoms with Gasteiger partial charge < -0.3 is 14.5 Å². The second kappa shape index (κ2) is 6.04. The van der Waals surface area contributed by atoms with E-state index in [1.54, 1.807) is 24.1 Å². The van der Waals surface area contributed by atoms with E-state index in [1.807, 2.05) is 0 Å². The molecule has 22 heavy (non-hydrogen) atoms. The van der Waals surface area contributed by atoms with Gasteiger partial charge in [0.25, 0.3) is 5.91 Å². The predicted octanol–water partition coefficient (Wildman–Crippen LogP) is 1.35. The minimum absolute atomic E-state index is 0.0915. The minimum Gasteiger partial charge on any atom is -0.356 e. The molecule has 118 valence electrons. The number of amides is 2. The van der Waals surface area contributed by atoms with Gasteiger partial charge in [-0.2, -0.15) is 0 Å². The molecule has 2 atom stereocenters. The van der Waals surface area contributed by atoms with Crippen LogP contribution in [0.25, 0.3) is 0 Å². The van der Waals surface area contributed by atoms with Gasteiger partial charge in [-0.15, -0.1) is 0 Å². The quantitative estimate of drug-likeness (QED) is 0.828. The predicted molar refractivity (Wildman–Crippen MR) is 77.5 cm³/mol. The van der Waals surface area contributed by atoms with Gasteiger partial charge >= 0.3 is 0 Å². The standard InChI is InChI=1S/C16H19FN2O3/c1-18-13(20)10-22-15(16(21)19-8-2-3-9-19)14(18)11-4-6-12(17)7-5-11/h4-7,14-15H,2-3,8-10H2,1H3. The minimum atomic E-state index is -0.730. The zero-order valence-electron chi connectivity index (χ0n) is 12.5. The summed E-state index contributed by atoms with van der Waals surface area (Å²) in [6.07, 6.45) is 1.26. The Balaban J connectivity index is 1.90. The lowest BCUT2D eigenvalue weighted by Gasteiger charge is -2.39. The van der Waals surface area contributed by atoms with E-state index in [-0.39, 0.29) is 24.2 Å². The van der Waals surface area contributed by atoms with E-state index < -0.39 is 12.1 Å². The van der Waals surface area contributed by atoms with Gasteiger partial charge in [-0.25, -0.2) is 4.39 Å². The molecule has 0 bridgehead atoms. The van der Waals surface area contributed by atoms with Crippen LogP contribution in [0, 0.1) is 5.82 Å². The Morgan fingerprint density at radius 3 is 2.50 bits per heavy atom. The number of morpholine rings is 1. The van der Waals surface area contributed by atoms with Crippen LogP contribution in [-0.2, 0) is 14.3 Å². The van der Waals surface area contributed by atoms with Crippen LogP contribution in [0.2, 0.25) is 0 Å². The topological polar surface area (TPSA) is 49.9 Å². The zero-order valence-corrected chi connectivity index (χ0v) is 12.5. The van der Waals surface area contributed by atoms with Crippen molar-refractivity contribution in [2.75, 3.05) is 26.7 Å². The first-order chi connectivity index (χ1) is 10.6. The van der Waals surface area contributed by atoms with Gasteiger partial charge in [-0.05, 0) is 30.5 Å². The van der Waals surface area contributed by atoms with Crippen LogP contribution in [0.3, 0.4) is 0 Å². The van der Waals surface area contributed by atoms with Gasteiger partial charge in [0, 0.05) is 20.1 Å². The highest BCUT2D eigenvalue weighted by Crippen LogP contribution is 2.31. The second-order valence-corrected chi connectivity index (χ2v) is 5.77. The lowest BCUT2D eigenvalue weighted by atomic mass is 9.97. The maximum Gasteiger partial charge on any atom is 0.254 e. The number of halogens is 1. The van der Waals surface area contributed by atoms with E-state index in [1.165, 1.54) is 17.0 Å². The van der Waals surface area contributed by atoms with E-state index in [9.17, 15) is 14.0 Å². The van der Waals surface area contributed by atoms with Gasteiger partial charge in [0.2, 0.25) is 5.91 Å². The van der Waals surface area contributed by atoms with Crippen LogP contribution >= 0.6 is 0 Å². The first-order valence-corrected chi connectivity index (χ1v) is 7.49. The Labute approximate surface area is 128 Å². The number of carbonyl (C=O) groups is 2. The molecule has 0 N–H and O–H groups in total. The summed E-state index contributed by atoms with van der Waals surface area (Å²) in [5, 5.41) is 0. The van der Waals surface area contributed by atoms with E-state index in [4.69, 9.17) is 4.74 Å². The van der Waals surface area contributed by atoms with Crippen molar-refractivity contribution in [2.45, 2.75) is 25.0 Å². The summed E-state index contributed by atoms with van der Waals surface area (Å²) in [5.41, 5.74) is 0.703. The summed E-state index contributed by atoms with van der Waals surface area (Å²) < 4.78 is 18.7. The van der Waals surface area contributed by atoms with Gasteiger partial charge in [-0.3, -0.25) is 9.59 Å². The van der Waals surface area contributed by atoms with Gasteiger partial charge in [0.1, 0.15) is 12.4 Å². The number of likely N-dealkylation sites (tertiary alicyclic amines) is 1. The Bertz CT molecular complexity index is 569. The summed E-state index contributed by atoms with van der Waals surface area (Å²) >= 11 is 0. The molecule has 2 aliphatic rings. The number of hydrogen-bond donors (Lipinski definition) is 0. The summed E-state index contributed by atoms with van der Waals surface area (Å²) in [7, 11) is 1.66. The summed E-state index contributed by atoms with van der Waals surface area (Å²) in [4.78, 5) is 27.9. The third-order valence-corrected chi connectivity index (χ3v) is 4.36. The molecule has 0 spiro atoms. The highest BCUT2D eigenvalue weighted by atomic mass is 19.1. The normalized spacial score (nSPS) is 25.6. The molecule has 1 aromatic carbocycles. The van der Waals surface area contributed by atoms with Gasteiger partial charge in [-0.1, -0.05) is 12.1 Å². The number of hydrogen-bond acceptors (Lipinski definition) is 3. The number of likely N-dealkylation sites (N-methyl/N-ethyl adjacent to an activating group) is 1. The zero-order chi connectivity index (χ0) is 15.7. The Kier molecular flexibility index (Phi) is 4.11. The summed E-state index contributed by atoms with van der Waals surface area (Å²) in [5.74, 6) is -0.622. The number of benzene rings is 1. The number of ether oxygens (including phenoxy) is 1. The fraction of sp³-hybridized carbons (Fsp3) is 0.500. The molecule has 2 unspecified atom stereocenters. The van der Waals surface area contributed by atoms with Crippen LogP contribution in [0.15, 0.2) is 24.3 Å². The Hall–Kier alpha value is -1.95. The van der Waals surface area contributed by atoms with E-state index in [0.717, 1.165) is 25.9 Å². The molecule has 3 rings (SSSR count). The molecule has 5 nitrogen and oxygen atoms in total. The van der Waals surface area contributed by atoms with E-state index >= 15 is 0 Å². The number of rotatable bonds is 2. The third-order valence-electron chi connectivity index (χ3n) is 4.36. The third kappa shape index (κ3) is 2.70. The fourth-order valence-electron chi connectivity index (χ4n) is 3.09. The maximum atomic E-state index is 13.1. The number of carbonyl (C=O) groups excluding carboxylic acids is 2. The molecule has 6 heteroatoms. The van der Waals surface area contributed by atoms with Gasteiger partial charge in [0.15, 0.2) is 6.10 Å². The second-order valence-electron chi connectivity index (χ2n) is 5.77.